The SMILES string of the molecule is COc1ccc(CNC2CCSc3ccc(F)cc32)c(OC)c1OC. The first kappa shape index (κ1) is 17.9. The van der Waals surface area contributed by atoms with Crippen LogP contribution < -0.4 is 19.5 Å². The van der Waals surface area contributed by atoms with E-state index in [1.165, 1.54) is 6.07 Å². The molecule has 0 aromatic heterocycles. The zero-order chi connectivity index (χ0) is 17.8. The third kappa shape index (κ3) is 3.70. The van der Waals surface area contributed by atoms with Gasteiger partial charge in [-0.05, 0) is 42.0 Å². The van der Waals surface area contributed by atoms with Crippen LogP contribution in [0.5, 0.6) is 17.2 Å². The molecule has 0 saturated heterocycles. The summed E-state index contributed by atoms with van der Waals surface area (Å²) in [6, 6.07) is 8.95. The number of hydrogen-bond donors (Lipinski definition) is 1. The second kappa shape index (κ2) is 7.97. The lowest BCUT2D eigenvalue weighted by molar-refractivity contribution is 0.321. The molecular weight excluding hydrogens is 341 g/mol. The minimum Gasteiger partial charge on any atom is -0.493 e. The van der Waals surface area contributed by atoms with Gasteiger partial charge in [-0.25, -0.2) is 4.39 Å². The van der Waals surface area contributed by atoms with Gasteiger partial charge in [0.25, 0.3) is 0 Å². The average molecular weight is 363 g/mol. The Morgan fingerprint density at radius 3 is 2.60 bits per heavy atom. The maximum Gasteiger partial charge on any atom is 0.203 e. The monoisotopic (exact) mass is 363 g/mol. The molecule has 1 N–H and O–H groups in total. The first-order valence-electron chi connectivity index (χ1n) is 8.11. The predicted molar refractivity (Wildman–Crippen MR) is 97.4 cm³/mol. The van der Waals surface area contributed by atoms with Crippen molar-refractivity contribution < 1.29 is 18.6 Å². The van der Waals surface area contributed by atoms with E-state index in [0.29, 0.717) is 23.8 Å². The molecule has 0 fully saturated rings. The van der Waals surface area contributed by atoms with Crippen molar-refractivity contribution >= 4 is 11.8 Å². The summed E-state index contributed by atoms with van der Waals surface area (Å²) in [6.07, 6.45) is 0.955. The maximum absolute atomic E-state index is 13.6. The summed E-state index contributed by atoms with van der Waals surface area (Å²) in [5, 5.41) is 3.53. The van der Waals surface area contributed by atoms with Gasteiger partial charge in [0.15, 0.2) is 11.5 Å². The van der Waals surface area contributed by atoms with E-state index >= 15 is 0 Å². The minimum absolute atomic E-state index is 0.116. The van der Waals surface area contributed by atoms with Crippen molar-refractivity contribution in [2.75, 3.05) is 27.1 Å². The Morgan fingerprint density at radius 2 is 1.88 bits per heavy atom. The second-order valence-corrected chi connectivity index (χ2v) is 6.88. The van der Waals surface area contributed by atoms with Crippen LogP contribution >= 0.6 is 11.8 Å². The van der Waals surface area contributed by atoms with Crippen LogP contribution in [0.4, 0.5) is 4.39 Å². The van der Waals surface area contributed by atoms with Gasteiger partial charge in [-0.2, -0.15) is 0 Å². The van der Waals surface area contributed by atoms with Crippen molar-refractivity contribution in [3.63, 3.8) is 0 Å². The normalized spacial score (nSPS) is 16.2. The summed E-state index contributed by atoms with van der Waals surface area (Å²) in [4.78, 5) is 1.14. The maximum atomic E-state index is 13.6. The van der Waals surface area contributed by atoms with Gasteiger partial charge >= 0.3 is 0 Å². The molecule has 0 bridgehead atoms. The van der Waals surface area contributed by atoms with E-state index in [2.05, 4.69) is 5.32 Å². The molecule has 3 rings (SSSR count). The van der Waals surface area contributed by atoms with Crippen LogP contribution in [0.2, 0.25) is 0 Å². The third-order valence-corrected chi connectivity index (χ3v) is 5.46. The van der Waals surface area contributed by atoms with E-state index in [-0.39, 0.29) is 11.9 Å². The summed E-state index contributed by atoms with van der Waals surface area (Å²) in [7, 11) is 4.80. The highest BCUT2D eigenvalue weighted by Crippen LogP contribution is 2.41. The van der Waals surface area contributed by atoms with Crippen molar-refractivity contribution in [3.05, 3.63) is 47.3 Å². The van der Waals surface area contributed by atoms with Gasteiger partial charge < -0.3 is 19.5 Å². The van der Waals surface area contributed by atoms with E-state index in [1.54, 1.807) is 39.2 Å². The molecule has 0 radical (unpaired) electrons. The van der Waals surface area contributed by atoms with Gasteiger partial charge in [0.1, 0.15) is 5.82 Å². The van der Waals surface area contributed by atoms with Crippen molar-refractivity contribution in [2.24, 2.45) is 0 Å². The van der Waals surface area contributed by atoms with Crippen LogP contribution in [0.25, 0.3) is 0 Å². The molecule has 25 heavy (non-hydrogen) atoms. The molecule has 4 nitrogen and oxygen atoms in total. The number of rotatable bonds is 6. The molecule has 0 saturated carbocycles. The number of ether oxygens (including phenoxy) is 3. The molecule has 1 heterocycles. The summed E-state index contributed by atoms with van der Waals surface area (Å²) >= 11 is 1.77. The van der Waals surface area contributed by atoms with Gasteiger partial charge in [-0.15, -0.1) is 11.8 Å². The fraction of sp³-hybridized carbons (Fsp3) is 0.368. The van der Waals surface area contributed by atoms with Crippen molar-refractivity contribution in [2.45, 2.75) is 23.9 Å². The first-order valence-corrected chi connectivity index (χ1v) is 9.10. The topological polar surface area (TPSA) is 39.7 Å². The Kier molecular flexibility index (Phi) is 5.71. The van der Waals surface area contributed by atoms with Gasteiger partial charge in [-0.1, -0.05) is 6.07 Å². The zero-order valence-electron chi connectivity index (χ0n) is 14.6. The largest absolute Gasteiger partial charge is 0.493 e. The Hall–Kier alpha value is -1.92. The van der Waals surface area contributed by atoms with Crippen LogP contribution in [0.3, 0.4) is 0 Å². The van der Waals surface area contributed by atoms with Crippen molar-refractivity contribution in [1.82, 2.24) is 5.32 Å². The Morgan fingerprint density at radius 1 is 1.08 bits per heavy atom. The van der Waals surface area contributed by atoms with E-state index in [4.69, 9.17) is 14.2 Å². The molecule has 2 aromatic carbocycles. The lowest BCUT2D eigenvalue weighted by atomic mass is 10.0. The highest BCUT2D eigenvalue weighted by atomic mass is 32.2. The van der Waals surface area contributed by atoms with Crippen LogP contribution in [0, 0.1) is 5.82 Å². The van der Waals surface area contributed by atoms with E-state index in [9.17, 15) is 4.39 Å². The van der Waals surface area contributed by atoms with Crippen LogP contribution in [0.1, 0.15) is 23.6 Å². The number of benzene rings is 2. The summed E-state index contributed by atoms with van der Waals surface area (Å²) in [6.45, 7) is 0.592. The standard InChI is InChI=1S/C19H22FNO3S/c1-22-16-6-4-12(18(23-2)19(16)24-3)11-21-15-8-9-25-17-7-5-13(20)10-14(15)17/h4-7,10,15,21H,8-9,11H2,1-3H3. The quantitative estimate of drug-likeness (QED) is 0.834. The van der Waals surface area contributed by atoms with Gasteiger partial charge in [0.05, 0.1) is 21.3 Å². The molecule has 2 aromatic rings. The molecule has 134 valence electrons. The molecule has 1 unspecified atom stereocenters. The Balaban J connectivity index is 1.82. The van der Waals surface area contributed by atoms with Gasteiger partial charge in [0.2, 0.25) is 5.75 Å². The smallest absolute Gasteiger partial charge is 0.203 e. The van der Waals surface area contributed by atoms with Crippen molar-refractivity contribution in [1.29, 1.82) is 0 Å². The molecule has 1 atom stereocenters. The number of halogens is 1. The van der Waals surface area contributed by atoms with E-state index < -0.39 is 0 Å². The lowest BCUT2D eigenvalue weighted by Crippen LogP contribution is -2.24. The summed E-state index contributed by atoms with van der Waals surface area (Å²) < 4.78 is 29.9. The molecule has 0 spiro atoms. The second-order valence-electron chi connectivity index (χ2n) is 5.75. The molecule has 1 aliphatic rings. The first-order chi connectivity index (χ1) is 12.2. The van der Waals surface area contributed by atoms with Crippen LogP contribution in [0.15, 0.2) is 35.2 Å². The van der Waals surface area contributed by atoms with Gasteiger partial charge in [-0.3, -0.25) is 0 Å². The van der Waals surface area contributed by atoms with Crippen molar-refractivity contribution in [3.8, 4) is 17.2 Å². The molecule has 6 heteroatoms. The highest BCUT2D eigenvalue weighted by Gasteiger charge is 2.22. The highest BCUT2D eigenvalue weighted by molar-refractivity contribution is 7.99. The molecule has 1 aliphatic heterocycles. The summed E-state index contributed by atoms with van der Waals surface area (Å²) in [5.74, 6) is 2.68. The average Bonchev–Trinajstić information content (AvgIpc) is 2.65. The van der Waals surface area contributed by atoms with Crippen LogP contribution in [-0.2, 0) is 6.54 Å². The van der Waals surface area contributed by atoms with E-state index in [0.717, 1.165) is 28.2 Å². The number of hydrogen-bond acceptors (Lipinski definition) is 5. The minimum atomic E-state index is -0.197. The number of nitrogens with one attached hydrogen (secondary N) is 1. The Bertz CT molecular complexity index is 754. The zero-order valence-corrected chi connectivity index (χ0v) is 15.4. The molecule has 0 amide bonds. The number of thioether (sulfide) groups is 1. The van der Waals surface area contributed by atoms with E-state index in [1.807, 2.05) is 18.2 Å². The Labute approximate surface area is 151 Å². The lowest BCUT2D eigenvalue weighted by Gasteiger charge is -2.26. The van der Waals surface area contributed by atoms with Gasteiger partial charge in [0, 0.05) is 23.0 Å². The fourth-order valence-corrected chi connectivity index (χ4v) is 4.22. The van der Waals surface area contributed by atoms with Crippen LogP contribution in [-0.4, -0.2) is 27.1 Å². The third-order valence-electron chi connectivity index (χ3n) is 4.34. The fourth-order valence-electron chi connectivity index (χ4n) is 3.11. The molecular formula is C19H22FNO3S. The number of methoxy groups -OCH3 is 3. The number of fused-ring (bicyclic) bond motifs is 1. The predicted octanol–water partition coefficient (Wildman–Crippen LogP) is 4.18. The summed E-state index contributed by atoms with van der Waals surface area (Å²) in [5.41, 5.74) is 1.99. The molecule has 0 aliphatic carbocycles.